The maximum atomic E-state index is 15.2. The van der Waals surface area contributed by atoms with Gasteiger partial charge < -0.3 is 10.5 Å². The lowest BCUT2D eigenvalue weighted by Crippen LogP contribution is -2.25. The molecule has 5 heteroatoms. The lowest BCUT2D eigenvalue weighted by atomic mass is 9.81. The van der Waals surface area contributed by atoms with E-state index in [1.54, 1.807) is 19.1 Å². The van der Waals surface area contributed by atoms with Gasteiger partial charge in [-0.05, 0) is 61.6 Å². The van der Waals surface area contributed by atoms with Crippen molar-refractivity contribution in [1.29, 1.82) is 0 Å². The average Bonchev–Trinajstić information content (AvgIpc) is 2.73. The minimum atomic E-state index is -1.11. The zero-order chi connectivity index (χ0) is 20.5. The number of ether oxygens (including phenoxy) is 1. The van der Waals surface area contributed by atoms with Crippen molar-refractivity contribution in [1.82, 2.24) is 0 Å². The van der Waals surface area contributed by atoms with Crippen LogP contribution in [0.2, 0.25) is 0 Å². The smallest absolute Gasteiger partial charge is 0.201 e. The molecular formula is C24H24F3NO. The molecule has 0 bridgehead atoms. The Morgan fingerprint density at radius 3 is 2.28 bits per heavy atom. The van der Waals surface area contributed by atoms with E-state index in [1.165, 1.54) is 23.8 Å². The highest BCUT2D eigenvalue weighted by Crippen LogP contribution is 2.37. The molecule has 1 fully saturated rings. The summed E-state index contributed by atoms with van der Waals surface area (Å²) in [5.74, 6) is -2.51. The Morgan fingerprint density at radius 1 is 0.862 bits per heavy atom. The van der Waals surface area contributed by atoms with Gasteiger partial charge in [0.15, 0.2) is 11.6 Å². The van der Waals surface area contributed by atoms with Gasteiger partial charge in [0.2, 0.25) is 5.82 Å². The van der Waals surface area contributed by atoms with Crippen molar-refractivity contribution in [2.75, 3.05) is 6.61 Å². The summed E-state index contributed by atoms with van der Waals surface area (Å²) >= 11 is 0. The van der Waals surface area contributed by atoms with Crippen LogP contribution in [0, 0.1) is 17.5 Å². The Kier molecular flexibility index (Phi) is 5.50. The van der Waals surface area contributed by atoms with Crippen molar-refractivity contribution in [3.63, 3.8) is 0 Å². The molecule has 3 aromatic rings. The SMILES string of the molecule is CCOc1ccc(-c2ccc3cc(C4CCC(N)CC4)ccc3c2F)c(F)c1F. The van der Waals surface area contributed by atoms with Gasteiger partial charge in [0.25, 0.3) is 0 Å². The average molecular weight is 399 g/mol. The van der Waals surface area contributed by atoms with Crippen LogP contribution in [0.4, 0.5) is 13.2 Å². The van der Waals surface area contributed by atoms with Crippen LogP contribution in [0.3, 0.4) is 0 Å². The Hall–Kier alpha value is -2.53. The van der Waals surface area contributed by atoms with E-state index in [-0.39, 0.29) is 29.5 Å². The fourth-order valence-corrected chi connectivity index (χ4v) is 4.23. The second-order valence-electron chi connectivity index (χ2n) is 7.69. The Balaban J connectivity index is 1.72. The summed E-state index contributed by atoms with van der Waals surface area (Å²) in [7, 11) is 0. The van der Waals surface area contributed by atoms with Crippen LogP contribution in [0.15, 0.2) is 42.5 Å². The summed E-state index contributed by atoms with van der Waals surface area (Å²) in [5.41, 5.74) is 7.09. The summed E-state index contributed by atoms with van der Waals surface area (Å²) in [6.45, 7) is 1.90. The zero-order valence-electron chi connectivity index (χ0n) is 16.4. The maximum absolute atomic E-state index is 15.2. The third-order valence-corrected chi connectivity index (χ3v) is 5.86. The van der Waals surface area contributed by atoms with Crippen LogP contribution in [0.25, 0.3) is 21.9 Å². The van der Waals surface area contributed by atoms with Crippen molar-refractivity contribution in [2.45, 2.75) is 44.6 Å². The van der Waals surface area contributed by atoms with Crippen LogP contribution in [0.1, 0.15) is 44.1 Å². The standard InChI is InChI=1S/C24H24F3NO/c1-2-29-21-12-11-20(23(26)24(21)27)19-10-6-16-13-15(5-9-18(16)22(19)25)14-3-7-17(28)8-4-14/h5-6,9-14,17H,2-4,7-8,28H2,1H3. The van der Waals surface area contributed by atoms with Gasteiger partial charge in [-0.1, -0.05) is 30.3 Å². The van der Waals surface area contributed by atoms with E-state index in [9.17, 15) is 8.78 Å². The highest BCUT2D eigenvalue weighted by molar-refractivity contribution is 5.89. The fraction of sp³-hybridized carbons (Fsp3) is 0.333. The molecule has 3 aromatic carbocycles. The van der Waals surface area contributed by atoms with Crippen LogP contribution in [-0.2, 0) is 0 Å². The number of hydrogen-bond acceptors (Lipinski definition) is 2. The molecule has 1 aliphatic carbocycles. The lowest BCUT2D eigenvalue weighted by Gasteiger charge is -2.26. The molecule has 1 saturated carbocycles. The molecule has 0 atom stereocenters. The molecule has 0 aromatic heterocycles. The number of hydrogen-bond donors (Lipinski definition) is 1. The molecule has 0 aliphatic heterocycles. The number of halogens is 3. The topological polar surface area (TPSA) is 35.2 Å². The molecular weight excluding hydrogens is 375 g/mol. The van der Waals surface area contributed by atoms with Crippen molar-refractivity contribution in [3.05, 3.63) is 65.5 Å². The molecule has 2 N–H and O–H groups in total. The molecule has 0 radical (unpaired) electrons. The molecule has 0 spiro atoms. The Morgan fingerprint density at radius 2 is 1.55 bits per heavy atom. The van der Waals surface area contributed by atoms with Crippen molar-refractivity contribution in [2.24, 2.45) is 5.73 Å². The first-order valence-corrected chi connectivity index (χ1v) is 10.1. The number of rotatable bonds is 4. The Labute approximate surface area is 168 Å². The summed E-state index contributed by atoms with van der Waals surface area (Å²) < 4.78 is 49.1. The lowest BCUT2D eigenvalue weighted by molar-refractivity contribution is 0.314. The number of benzene rings is 3. The quantitative estimate of drug-likeness (QED) is 0.558. The highest BCUT2D eigenvalue weighted by Gasteiger charge is 2.22. The van der Waals surface area contributed by atoms with Gasteiger partial charge in [-0.25, -0.2) is 8.78 Å². The molecule has 0 heterocycles. The van der Waals surface area contributed by atoms with E-state index in [2.05, 4.69) is 0 Å². The normalized spacial score (nSPS) is 19.5. The minimum Gasteiger partial charge on any atom is -0.491 e. The van der Waals surface area contributed by atoms with Gasteiger partial charge in [0, 0.05) is 22.6 Å². The van der Waals surface area contributed by atoms with Crippen LogP contribution >= 0.6 is 0 Å². The summed E-state index contributed by atoms with van der Waals surface area (Å²) in [6, 6.07) is 11.9. The van der Waals surface area contributed by atoms with Gasteiger partial charge in [-0.3, -0.25) is 0 Å². The third-order valence-electron chi connectivity index (χ3n) is 5.86. The molecule has 0 unspecified atom stereocenters. The Bertz CT molecular complexity index is 1040. The number of nitrogens with two attached hydrogens (primary N) is 1. The summed E-state index contributed by atoms with van der Waals surface area (Å²) in [5, 5.41) is 1.15. The predicted octanol–water partition coefficient (Wildman–Crippen LogP) is 6.31. The second-order valence-corrected chi connectivity index (χ2v) is 7.69. The van der Waals surface area contributed by atoms with Gasteiger partial charge in [-0.2, -0.15) is 4.39 Å². The van der Waals surface area contributed by atoms with E-state index >= 15 is 4.39 Å². The second kappa shape index (κ2) is 8.07. The van der Waals surface area contributed by atoms with Crippen molar-refractivity contribution < 1.29 is 17.9 Å². The first-order valence-electron chi connectivity index (χ1n) is 10.1. The minimum absolute atomic E-state index is 0.0355. The van der Waals surface area contributed by atoms with E-state index in [0.717, 1.165) is 31.1 Å². The molecule has 4 rings (SSSR count). The van der Waals surface area contributed by atoms with E-state index in [1.807, 2.05) is 12.1 Å². The van der Waals surface area contributed by atoms with E-state index in [0.29, 0.717) is 11.3 Å². The summed E-state index contributed by atoms with van der Waals surface area (Å²) in [6.07, 6.45) is 4.06. The molecule has 2 nitrogen and oxygen atoms in total. The van der Waals surface area contributed by atoms with Crippen LogP contribution in [0.5, 0.6) is 5.75 Å². The zero-order valence-corrected chi connectivity index (χ0v) is 16.4. The molecule has 29 heavy (non-hydrogen) atoms. The molecule has 0 saturated heterocycles. The summed E-state index contributed by atoms with van der Waals surface area (Å²) in [4.78, 5) is 0. The molecule has 1 aliphatic rings. The van der Waals surface area contributed by atoms with Gasteiger partial charge >= 0.3 is 0 Å². The molecule has 152 valence electrons. The fourth-order valence-electron chi connectivity index (χ4n) is 4.23. The van der Waals surface area contributed by atoms with Crippen LogP contribution in [-0.4, -0.2) is 12.6 Å². The largest absolute Gasteiger partial charge is 0.491 e. The molecule has 0 amide bonds. The van der Waals surface area contributed by atoms with Gasteiger partial charge in [0.1, 0.15) is 5.82 Å². The van der Waals surface area contributed by atoms with Crippen molar-refractivity contribution in [3.8, 4) is 16.9 Å². The van der Waals surface area contributed by atoms with Crippen LogP contribution < -0.4 is 10.5 Å². The van der Waals surface area contributed by atoms with Gasteiger partial charge in [-0.15, -0.1) is 0 Å². The first-order chi connectivity index (χ1) is 14.0. The predicted molar refractivity (Wildman–Crippen MR) is 110 cm³/mol. The van der Waals surface area contributed by atoms with Gasteiger partial charge in [0.05, 0.1) is 6.61 Å². The third kappa shape index (κ3) is 3.71. The highest BCUT2D eigenvalue weighted by atomic mass is 19.2. The first kappa shape index (κ1) is 19.8. The van der Waals surface area contributed by atoms with E-state index < -0.39 is 17.5 Å². The van der Waals surface area contributed by atoms with E-state index in [4.69, 9.17) is 10.5 Å². The van der Waals surface area contributed by atoms with Crippen molar-refractivity contribution >= 4 is 10.8 Å². The number of fused-ring (bicyclic) bond motifs is 1. The monoisotopic (exact) mass is 399 g/mol. The maximum Gasteiger partial charge on any atom is 0.201 e.